The first-order valence-electron chi connectivity index (χ1n) is 9.69. The van der Waals surface area contributed by atoms with Gasteiger partial charge in [0.1, 0.15) is 11.9 Å². The van der Waals surface area contributed by atoms with Crippen molar-refractivity contribution in [3.05, 3.63) is 70.5 Å². The molecule has 1 N–H and O–H groups in total. The van der Waals surface area contributed by atoms with Gasteiger partial charge < -0.3 is 10.0 Å². The Labute approximate surface area is 173 Å². The largest absolute Gasteiger partial charge is 0.394 e. The van der Waals surface area contributed by atoms with Crippen molar-refractivity contribution in [3.8, 4) is 17.2 Å². The molecule has 2 heterocycles. The molecule has 4 rings (SSSR count). The second kappa shape index (κ2) is 7.94. The fraction of sp³-hybridized carbons (Fsp3) is 0.304. The average Bonchev–Trinajstić information content (AvgIpc) is 3.08. The summed E-state index contributed by atoms with van der Waals surface area (Å²) < 4.78 is 14.5. The fourth-order valence-electron chi connectivity index (χ4n) is 4.21. The predicted octanol–water partition coefficient (Wildman–Crippen LogP) is 4.68. The molecule has 148 valence electrons. The summed E-state index contributed by atoms with van der Waals surface area (Å²) in [7, 11) is 0. The number of halogens is 1. The summed E-state index contributed by atoms with van der Waals surface area (Å²) in [5.41, 5.74) is 3.17. The van der Waals surface area contributed by atoms with Gasteiger partial charge in [-0.05, 0) is 30.5 Å². The van der Waals surface area contributed by atoms with Crippen LogP contribution in [0.1, 0.15) is 29.0 Å². The quantitative estimate of drug-likeness (QED) is 0.667. The van der Waals surface area contributed by atoms with E-state index in [9.17, 15) is 14.8 Å². The second-order valence-corrected chi connectivity index (χ2v) is 8.36. The summed E-state index contributed by atoms with van der Waals surface area (Å²) >= 11 is 1.55. The van der Waals surface area contributed by atoms with Gasteiger partial charge in [0.05, 0.1) is 24.4 Å². The highest BCUT2D eigenvalue weighted by molar-refractivity contribution is 7.15. The molecule has 1 fully saturated rings. The van der Waals surface area contributed by atoms with Gasteiger partial charge in [-0.3, -0.25) is 0 Å². The minimum atomic E-state index is -0.463. The topological polar surface area (TPSA) is 60.2 Å². The van der Waals surface area contributed by atoms with Crippen molar-refractivity contribution in [2.45, 2.75) is 38.3 Å². The van der Waals surface area contributed by atoms with Crippen LogP contribution in [0.15, 0.2) is 48.5 Å². The smallest absolute Gasteiger partial charge is 0.187 e. The number of aliphatic hydroxyl groups is 1. The van der Waals surface area contributed by atoms with E-state index in [0.717, 1.165) is 33.3 Å². The van der Waals surface area contributed by atoms with Gasteiger partial charge in [0.25, 0.3) is 0 Å². The Kier molecular flexibility index (Phi) is 5.35. The lowest BCUT2D eigenvalue weighted by Gasteiger charge is -2.52. The summed E-state index contributed by atoms with van der Waals surface area (Å²) in [5, 5.41) is 20.9. The molecule has 1 aliphatic heterocycles. The van der Waals surface area contributed by atoms with Gasteiger partial charge in [-0.25, -0.2) is 9.37 Å². The molecule has 3 aromatic rings. The molecule has 0 spiro atoms. The van der Waals surface area contributed by atoms with Crippen LogP contribution < -0.4 is 4.90 Å². The number of hydrogen-bond acceptors (Lipinski definition) is 5. The van der Waals surface area contributed by atoms with Crippen molar-refractivity contribution >= 4 is 16.5 Å². The SMILES string of the molecule is CCc1nc(N2[C@@H](C#N)[C@H](c3ccccc3-c3ccccc3F)[C@@H]2CO)sc1C. The van der Waals surface area contributed by atoms with Crippen LogP contribution in [0.4, 0.5) is 9.52 Å². The van der Waals surface area contributed by atoms with Gasteiger partial charge in [-0.1, -0.05) is 49.4 Å². The first kappa shape index (κ1) is 19.6. The minimum absolute atomic E-state index is 0.103. The third-order valence-electron chi connectivity index (χ3n) is 5.65. The lowest BCUT2D eigenvalue weighted by atomic mass is 9.74. The number of thiazole rings is 1. The third kappa shape index (κ3) is 3.21. The Morgan fingerprint density at radius 3 is 2.48 bits per heavy atom. The molecule has 2 aromatic carbocycles. The molecule has 0 saturated carbocycles. The Hall–Kier alpha value is -2.75. The molecule has 4 nitrogen and oxygen atoms in total. The number of nitrogens with zero attached hydrogens (tertiary/aromatic N) is 3. The predicted molar refractivity (Wildman–Crippen MR) is 114 cm³/mol. The summed E-state index contributed by atoms with van der Waals surface area (Å²) in [5.74, 6) is -0.525. The highest BCUT2D eigenvalue weighted by Crippen LogP contribution is 2.47. The molecule has 0 radical (unpaired) electrons. The molecular formula is C23H22FN3OS. The van der Waals surface area contributed by atoms with Crippen molar-refractivity contribution in [2.75, 3.05) is 11.5 Å². The van der Waals surface area contributed by atoms with Crippen molar-refractivity contribution in [2.24, 2.45) is 0 Å². The van der Waals surface area contributed by atoms with E-state index in [1.165, 1.54) is 6.07 Å². The van der Waals surface area contributed by atoms with Crippen LogP contribution in [0.5, 0.6) is 0 Å². The van der Waals surface area contributed by atoms with E-state index >= 15 is 0 Å². The number of benzene rings is 2. The van der Waals surface area contributed by atoms with Gasteiger partial charge in [-0.2, -0.15) is 5.26 Å². The summed E-state index contributed by atoms with van der Waals surface area (Å²) in [6.07, 6.45) is 0.830. The minimum Gasteiger partial charge on any atom is -0.394 e. The summed E-state index contributed by atoms with van der Waals surface area (Å²) in [4.78, 5) is 7.74. The maximum atomic E-state index is 14.5. The number of aryl methyl sites for hydroxylation is 2. The van der Waals surface area contributed by atoms with Crippen molar-refractivity contribution < 1.29 is 9.50 Å². The standard InChI is InChI=1S/C23H22FN3OS/c1-3-19-14(2)29-23(26-19)27-20(12-25)22(21(27)13-28)17-10-5-4-8-15(17)16-9-6-7-11-18(16)24/h4-11,20-22,28H,3,13H2,1-2H3/t20-,21-,22-/m0/s1. The molecule has 29 heavy (non-hydrogen) atoms. The average molecular weight is 408 g/mol. The number of hydrogen-bond donors (Lipinski definition) is 1. The number of anilines is 1. The molecule has 3 atom stereocenters. The molecule has 0 aliphatic carbocycles. The Morgan fingerprint density at radius 2 is 1.86 bits per heavy atom. The van der Waals surface area contributed by atoms with Crippen LogP contribution in [0.3, 0.4) is 0 Å². The zero-order valence-electron chi connectivity index (χ0n) is 16.3. The van der Waals surface area contributed by atoms with E-state index in [2.05, 4.69) is 13.0 Å². The number of aromatic nitrogens is 1. The monoisotopic (exact) mass is 407 g/mol. The van der Waals surface area contributed by atoms with Crippen molar-refractivity contribution in [3.63, 3.8) is 0 Å². The Bertz CT molecular complexity index is 1070. The number of nitriles is 1. The zero-order chi connectivity index (χ0) is 20.5. The van der Waals surface area contributed by atoms with Crippen molar-refractivity contribution in [1.82, 2.24) is 4.98 Å². The first-order chi connectivity index (χ1) is 14.1. The van der Waals surface area contributed by atoms with E-state index in [1.54, 1.807) is 29.5 Å². The van der Waals surface area contributed by atoms with Crippen LogP contribution in [-0.2, 0) is 6.42 Å². The molecule has 1 aliphatic rings. The molecule has 6 heteroatoms. The lowest BCUT2D eigenvalue weighted by molar-refractivity contribution is 0.188. The van der Waals surface area contributed by atoms with Crippen LogP contribution in [0, 0.1) is 24.1 Å². The highest BCUT2D eigenvalue weighted by Gasteiger charge is 2.51. The van der Waals surface area contributed by atoms with Crippen LogP contribution in [0.2, 0.25) is 0 Å². The maximum Gasteiger partial charge on any atom is 0.187 e. The van der Waals surface area contributed by atoms with Crippen LogP contribution in [0.25, 0.3) is 11.1 Å². The maximum absolute atomic E-state index is 14.5. The van der Waals surface area contributed by atoms with Gasteiger partial charge >= 0.3 is 0 Å². The Balaban J connectivity index is 1.77. The van der Waals surface area contributed by atoms with Gasteiger partial charge in [0.2, 0.25) is 0 Å². The molecular weight excluding hydrogens is 385 g/mol. The molecule has 0 amide bonds. The van der Waals surface area contributed by atoms with E-state index in [4.69, 9.17) is 4.98 Å². The highest BCUT2D eigenvalue weighted by atomic mass is 32.1. The van der Waals surface area contributed by atoms with Crippen LogP contribution >= 0.6 is 11.3 Å². The van der Waals surface area contributed by atoms with E-state index in [0.29, 0.717) is 5.56 Å². The lowest BCUT2D eigenvalue weighted by Crippen LogP contribution is -2.63. The van der Waals surface area contributed by atoms with E-state index in [1.807, 2.05) is 36.1 Å². The summed E-state index contributed by atoms with van der Waals surface area (Å²) in [6.45, 7) is 3.98. The molecule has 0 bridgehead atoms. The van der Waals surface area contributed by atoms with Crippen LogP contribution in [-0.4, -0.2) is 28.8 Å². The van der Waals surface area contributed by atoms with Gasteiger partial charge in [0.15, 0.2) is 5.13 Å². The third-order valence-corrected chi connectivity index (χ3v) is 6.68. The number of rotatable bonds is 5. The zero-order valence-corrected chi connectivity index (χ0v) is 17.2. The van der Waals surface area contributed by atoms with Gasteiger partial charge in [0, 0.05) is 16.4 Å². The molecule has 1 saturated heterocycles. The van der Waals surface area contributed by atoms with E-state index < -0.39 is 6.04 Å². The number of aliphatic hydroxyl groups excluding tert-OH is 1. The Morgan fingerprint density at radius 1 is 1.17 bits per heavy atom. The first-order valence-corrected chi connectivity index (χ1v) is 10.5. The molecule has 0 unspecified atom stereocenters. The second-order valence-electron chi connectivity index (χ2n) is 7.18. The van der Waals surface area contributed by atoms with Crippen molar-refractivity contribution in [1.29, 1.82) is 5.26 Å². The molecule has 1 aromatic heterocycles. The van der Waals surface area contributed by atoms with Gasteiger partial charge in [-0.15, -0.1) is 11.3 Å². The fourth-order valence-corrected chi connectivity index (χ4v) is 5.30. The normalized spacial score (nSPS) is 20.9. The van der Waals surface area contributed by atoms with E-state index in [-0.39, 0.29) is 24.4 Å². The summed E-state index contributed by atoms with van der Waals surface area (Å²) in [6, 6.07) is 15.9.